The van der Waals surface area contributed by atoms with Crippen LogP contribution in [0.15, 0.2) is 22.1 Å². The lowest BCUT2D eigenvalue weighted by Crippen LogP contribution is -2.03. The second-order valence-electron chi connectivity index (χ2n) is 3.47. The summed E-state index contributed by atoms with van der Waals surface area (Å²) in [5.41, 5.74) is 1.94. The topological polar surface area (TPSA) is 37.8 Å². The summed E-state index contributed by atoms with van der Waals surface area (Å²) in [6, 6.07) is 2.05. The number of hydrogen-bond acceptors (Lipinski definition) is 4. The van der Waals surface area contributed by atoms with Gasteiger partial charge in [0.15, 0.2) is 0 Å². The molecule has 0 saturated heterocycles. The van der Waals surface area contributed by atoms with Crippen molar-refractivity contribution in [3.05, 3.63) is 38.4 Å². The summed E-state index contributed by atoms with van der Waals surface area (Å²) in [5.74, 6) is 0.823. The monoisotopic (exact) mass is 297 g/mol. The van der Waals surface area contributed by atoms with E-state index in [0.717, 1.165) is 28.2 Å². The van der Waals surface area contributed by atoms with E-state index in [1.807, 2.05) is 19.9 Å². The molecule has 2 aromatic heterocycles. The van der Waals surface area contributed by atoms with Crippen LogP contribution in [0.5, 0.6) is 0 Å². The van der Waals surface area contributed by atoms with Gasteiger partial charge in [0.25, 0.3) is 0 Å². The molecule has 0 atom stereocenters. The molecule has 5 heteroatoms. The van der Waals surface area contributed by atoms with E-state index >= 15 is 0 Å². The molecule has 0 amide bonds. The van der Waals surface area contributed by atoms with Crippen molar-refractivity contribution in [3.8, 4) is 0 Å². The maximum absolute atomic E-state index is 4.42. The lowest BCUT2D eigenvalue weighted by Gasteiger charge is -2.06. The largest absolute Gasteiger partial charge is 0.364 e. The number of aryl methyl sites for hydroxylation is 2. The zero-order chi connectivity index (χ0) is 11.5. The van der Waals surface area contributed by atoms with Gasteiger partial charge in [-0.3, -0.25) is 4.98 Å². The molecule has 0 unspecified atom stereocenters. The molecule has 0 radical (unpaired) electrons. The molecule has 3 nitrogen and oxygen atoms in total. The van der Waals surface area contributed by atoms with E-state index in [4.69, 9.17) is 0 Å². The number of nitrogens with zero attached hydrogens (tertiary/aromatic N) is 2. The summed E-state index contributed by atoms with van der Waals surface area (Å²) in [7, 11) is 0. The molecule has 2 rings (SSSR count). The van der Waals surface area contributed by atoms with Crippen molar-refractivity contribution < 1.29 is 0 Å². The van der Waals surface area contributed by atoms with E-state index in [9.17, 15) is 0 Å². The van der Waals surface area contributed by atoms with Gasteiger partial charge < -0.3 is 5.32 Å². The predicted molar refractivity (Wildman–Crippen MR) is 70.9 cm³/mol. The first kappa shape index (κ1) is 11.5. The van der Waals surface area contributed by atoms with Crippen LogP contribution < -0.4 is 5.32 Å². The van der Waals surface area contributed by atoms with Crippen molar-refractivity contribution in [3.63, 3.8) is 0 Å². The van der Waals surface area contributed by atoms with Gasteiger partial charge in [-0.25, -0.2) is 4.98 Å². The number of anilines is 1. The Morgan fingerprint density at radius 1 is 1.38 bits per heavy atom. The molecule has 2 aromatic rings. The van der Waals surface area contributed by atoms with Gasteiger partial charge in [0, 0.05) is 9.35 Å². The molecule has 0 aliphatic rings. The molecule has 84 valence electrons. The summed E-state index contributed by atoms with van der Waals surface area (Å²) in [5, 5.41) is 5.33. The predicted octanol–water partition coefficient (Wildman–Crippen LogP) is 3.53. The average molecular weight is 298 g/mol. The molecule has 1 N–H and O–H groups in total. The molecule has 0 aliphatic carbocycles. The van der Waals surface area contributed by atoms with Gasteiger partial charge in [-0.2, -0.15) is 0 Å². The van der Waals surface area contributed by atoms with Gasteiger partial charge in [0.2, 0.25) is 0 Å². The normalized spacial score (nSPS) is 10.4. The van der Waals surface area contributed by atoms with Crippen molar-refractivity contribution >= 4 is 33.1 Å². The highest BCUT2D eigenvalue weighted by Crippen LogP contribution is 2.23. The summed E-state index contributed by atoms with van der Waals surface area (Å²) in [6.07, 6.45) is 1.77. The van der Waals surface area contributed by atoms with Gasteiger partial charge in [0.05, 0.1) is 24.1 Å². The SMILES string of the molecule is Cc1ncc(NCc2sccc2Br)nc1C. The van der Waals surface area contributed by atoms with Gasteiger partial charge in [0.1, 0.15) is 5.82 Å². The van der Waals surface area contributed by atoms with Crippen LogP contribution in [0.3, 0.4) is 0 Å². The first-order chi connectivity index (χ1) is 7.66. The Bertz CT molecular complexity index is 496. The number of hydrogen-bond donors (Lipinski definition) is 1. The van der Waals surface area contributed by atoms with Gasteiger partial charge in [-0.1, -0.05) is 0 Å². The zero-order valence-corrected chi connectivity index (χ0v) is 11.5. The summed E-state index contributed by atoms with van der Waals surface area (Å²) in [6.45, 7) is 4.70. The number of nitrogens with one attached hydrogen (secondary N) is 1. The minimum Gasteiger partial charge on any atom is -0.364 e. The maximum Gasteiger partial charge on any atom is 0.145 e. The van der Waals surface area contributed by atoms with Crippen LogP contribution in [0.2, 0.25) is 0 Å². The third-order valence-electron chi connectivity index (χ3n) is 2.31. The van der Waals surface area contributed by atoms with Crippen molar-refractivity contribution in [1.82, 2.24) is 9.97 Å². The van der Waals surface area contributed by atoms with E-state index in [0.29, 0.717) is 0 Å². The maximum atomic E-state index is 4.42. The summed E-state index contributed by atoms with van der Waals surface area (Å²) in [4.78, 5) is 9.95. The minimum atomic E-state index is 0.773. The first-order valence-corrected chi connectivity index (χ1v) is 6.60. The fraction of sp³-hybridized carbons (Fsp3) is 0.273. The second kappa shape index (κ2) is 4.93. The molecule has 0 aromatic carbocycles. The molecular weight excluding hydrogens is 286 g/mol. The Kier molecular flexibility index (Phi) is 3.56. The lowest BCUT2D eigenvalue weighted by molar-refractivity contribution is 1.02. The van der Waals surface area contributed by atoms with Gasteiger partial charge in [-0.15, -0.1) is 11.3 Å². The van der Waals surface area contributed by atoms with E-state index < -0.39 is 0 Å². The third kappa shape index (κ3) is 2.59. The lowest BCUT2D eigenvalue weighted by atomic mass is 10.3. The van der Waals surface area contributed by atoms with E-state index in [-0.39, 0.29) is 0 Å². The highest BCUT2D eigenvalue weighted by molar-refractivity contribution is 9.10. The summed E-state index contributed by atoms with van der Waals surface area (Å²) >= 11 is 5.22. The molecule has 0 spiro atoms. The highest BCUT2D eigenvalue weighted by atomic mass is 79.9. The summed E-state index contributed by atoms with van der Waals surface area (Å²) < 4.78 is 1.14. The Balaban J connectivity index is 2.05. The minimum absolute atomic E-state index is 0.773. The van der Waals surface area contributed by atoms with Crippen molar-refractivity contribution in [2.75, 3.05) is 5.32 Å². The molecule has 16 heavy (non-hydrogen) atoms. The van der Waals surface area contributed by atoms with Crippen LogP contribution in [0.1, 0.15) is 16.3 Å². The highest BCUT2D eigenvalue weighted by Gasteiger charge is 2.02. The van der Waals surface area contributed by atoms with Crippen LogP contribution in [0.25, 0.3) is 0 Å². The Labute approximate surface area is 107 Å². The molecule has 0 fully saturated rings. The van der Waals surface area contributed by atoms with Crippen LogP contribution >= 0.6 is 27.3 Å². The van der Waals surface area contributed by atoms with Crippen LogP contribution in [0, 0.1) is 13.8 Å². The molecule has 0 aliphatic heterocycles. The number of aromatic nitrogens is 2. The van der Waals surface area contributed by atoms with Crippen LogP contribution in [0.4, 0.5) is 5.82 Å². The fourth-order valence-corrected chi connectivity index (χ4v) is 2.68. The third-order valence-corrected chi connectivity index (χ3v) is 4.24. The average Bonchev–Trinajstić information content (AvgIpc) is 2.66. The Morgan fingerprint density at radius 2 is 2.19 bits per heavy atom. The second-order valence-corrected chi connectivity index (χ2v) is 5.33. The Morgan fingerprint density at radius 3 is 2.81 bits per heavy atom. The number of thiophene rings is 1. The van der Waals surface area contributed by atoms with Crippen molar-refractivity contribution in [1.29, 1.82) is 0 Å². The number of halogens is 1. The Hall–Kier alpha value is -0.940. The molecular formula is C11H12BrN3S. The zero-order valence-electron chi connectivity index (χ0n) is 9.12. The fourth-order valence-electron chi connectivity index (χ4n) is 1.25. The smallest absolute Gasteiger partial charge is 0.145 e. The number of rotatable bonds is 3. The van der Waals surface area contributed by atoms with E-state index in [1.165, 1.54) is 4.88 Å². The molecule has 2 heterocycles. The first-order valence-electron chi connectivity index (χ1n) is 4.93. The molecule has 0 saturated carbocycles. The van der Waals surface area contributed by atoms with E-state index in [2.05, 4.69) is 36.6 Å². The van der Waals surface area contributed by atoms with Gasteiger partial charge >= 0.3 is 0 Å². The van der Waals surface area contributed by atoms with Gasteiger partial charge in [-0.05, 0) is 41.2 Å². The molecule has 0 bridgehead atoms. The quantitative estimate of drug-likeness (QED) is 0.942. The standard InChI is InChI=1S/C11H12BrN3S/c1-7-8(2)15-11(6-13-7)14-5-10-9(12)3-4-16-10/h3-4,6H,5H2,1-2H3,(H,14,15). The van der Waals surface area contributed by atoms with Crippen LogP contribution in [-0.2, 0) is 6.54 Å². The van der Waals surface area contributed by atoms with Crippen LogP contribution in [-0.4, -0.2) is 9.97 Å². The van der Waals surface area contributed by atoms with Crippen molar-refractivity contribution in [2.45, 2.75) is 20.4 Å². The van der Waals surface area contributed by atoms with E-state index in [1.54, 1.807) is 17.5 Å². The van der Waals surface area contributed by atoms with Crippen molar-refractivity contribution in [2.24, 2.45) is 0 Å².